The maximum atomic E-state index is 13.2. The van der Waals surface area contributed by atoms with Crippen LogP contribution in [0.3, 0.4) is 0 Å². The zero-order valence-corrected chi connectivity index (χ0v) is 17.6. The normalized spacial score (nSPS) is 11.8. The molecule has 2 heterocycles. The molecule has 156 valence electrons. The molecular formula is C25H23N3O3. The summed E-state index contributed by atoms with van der Waals surface area (Å²) in [4.78, 5) is 31.1. The number of para-hydroxylation sites is 1. The molecule has 2 aromatic heterocycles. The SMILES string of the molecule is Cc1nc(C(=O)N(C)C)ccc1C(=O)NC(c1ccccc1)c1cc2ccccc2o1. The Kier molecular flexibility index (Phi) is 5.54. The molecule has 6 heteroatoms. The maximum absolute atomic E-state index is 13.2. The number of carbonyl (C=O) groups excluding carboxylic acids is 2. The highest BCUT2D eigenvalue weighted by molar-refractivity contribution is 5.97. The van der Waals surface area contributed by atoms with Crippen LogP contribution in [0.25, 0.3) is 11.0 Å². The number of furan rings is 1. The summed E-state index contributed by atoms with van der Waals surface area (Å²) in [6, 6.07) is 22.1. The zero-order valence-electron chi connectivity index (χ0n) is 17.6. The van der Waals surface area contributed by atoms with Crippen molar-refractivity contribution in [2.75, 3.05) is 14.1 Å². The lowest BCUT2D eigenvalue weighted by Gasteiger charge is -2.18. The highest BCUT2D eigenvalue weighted by atomic mass is 16.3. The Labute approximate surface area is 180 Å². The number of pyridine rings is 1. The Morgan fingerprint density at radius 1 is 0.968 bits per heavy atom. The van der Waals surface area contributed by atoms with E-state index in [1.165, 1.54) is 4.90 Å². The highest BCUT2D eigenvalue weighted by Gasteiger charge is 2.23. The van der Waals surface area contributed by atoms with Gasteiger partial charge in [0, 0.05) is 19.5 Å². The minimum Gasteiger partial charge on any atom is -0.459 e. The van der Waals surface area contributed by atoms with E-state index in [4.69, 9.17) is 4.42 Å². The first-order chi connectivity index (χ1) is 14.9. The largest absolute Gasteiger partial charge is 0.459 e. The first-order valence-corrected chi connectivity index (χ1v) is 9.97. The minimum absolute atomic E-state index is 0.209. The molecule has 0 aliphatic carbocycles. The van der Waals surface area contributed by atoms with Crippen molar-refractivity contribution in [3.63, 3.8) is 0 Å². The summed E-state index contributed by atoms with van der Waals surface area (Å²) in [7, 11) is 3.33. The number of aryl methyl sites for hydroxylation is 1. The Morgan fingerprint density at radius 2 is 1.68 bits per heavy atom. The molecule has 2 amide bonds. The lowest BCUT2D eigenvalue weighted by Crippen LogP contribution is -2.30. The van der Waals surface area contributed by atoms with Gasteiger partial charge in [-0.3, -0.25) is 9.59 Å². The van der Waals surface area contributed by atoms with Crippen LogP contribution in [0.5, 0.6) is 0 Å². The van der Waals surface area contributed by atoms with E-state index in [1.54, 1.807) is 33.2 Å². The van der Waals surface area contributed by atoms with Crippen LogP contribution in [0.15, 0.2) is 77.2 Å². The monoisotopic (exact) mass is 413 g/mol. The van der Waals surface area contributed by atoms with E-state index in [0.717, 1.165) is 16.5 Å². The van der Waals surface area contributed by atoms with Gasteiger partial charge in [-0.15, -0.1) is 0 Å². The first kappa shape index (κ1) is 20.3. The third-order valence-electron chi connectivity index (χ3n) is 5.09. The number of hydrogen-bond donors (Lipinski definition) is 1. The van der Waals surface area contributed by atoms with E-state index in [1.807, 2.05) is 60.7 Å². The average Bonchev–Trinajstić information content (AvgIpc) is 3.21. The van der Waals surface area contributed by atoms with Crippen LogP contribution < -0.4 is 5.32 Å². The van der Waals surface area contributed by atoms with Crippen LogP contribution in [-0.4, -0.2) is 35.8 Å². The summed E-state index contributed by atoms with van der Waals surface area (Å²) in [5.41, 5.74) is 2.86. The van der Waals surface area contributed by atoms with Gasteiger partial charge in [0.1, 0.15) is 23.1 Å². The molecule has 1 unspecified atom stereocenters. The van der Waals surface area contributed by atoms with E-state index >= 15 is 0 Å². The van der Waals surface area contributed by atoms with Crippen LogP contribution in [0.2, 0.25) is 0 Å². The maximum Gasteiger partial charge on any atom is 0.271 e. The van der Waals surface area contributed by atoms with E-state index in [9.17, 15) is 9.59 Å². The molecule has 4 aromatic rings. The summed E-state index contributed by atoms with van der Waals surface area (Å²) >= 11 is 0. The predicted molar refractivity (Wildman–Crippen MR) is 119 cm³/mol. The number of hydrogen-bond acceptors (Lipinski definition) is 4. The second-order valence-electron chi connectivity index (χ2n) is 7.53. The molecule has 0 saturated carbocycles. The van der Waals surface area contributed by atoms with Gasteiger partial charge in [-0.1, -0.05) is 48.5 Å². The van der Waals surface area contributed by atoms with Crippen molar-refractivity contribution in [2.24, 2.45) is 0 Å². The van der Waals surface area contributed by atoms with Crippen molar-refractivity contribution in [3.8, 4) is 0 Å². The molecule has 2 aromatic carbocycles. The van der Waals surface area contributed by atoms with Crippen LogP contribution in [-0.2, 0) is 0 Å². The van der Waals surface area contributed by atoms with Crippen molar-refractivity contribution >= 4 is 22.8 Å². The molecule has 6 nitrogen and oxygen atoms in total. The summed E-state index contributed by atoms with van der Waals surface area (Å²) in [5.74, 6) is 0.147. The van der Waals surface area contributed by atoms with E-state index in [2.05, 4.69) is 10.3 Å². The van der Waals surface area contributed by atoms with Gasteiger partial charge >= 0.3 is 0 Å². The lowest BCUT2D eigenvalue weighted by molar-refractivity contribution is 0.0820. The van der Waals surface area contributed by atoms with Crippen molar-refractivity contribution in [3.05, 3.63) is 101 Å². The molecule has 0 spiro atoms. The Morgan fingerprint density at radius 3 is 2.35 bits per heavy atom. The van der Waals surface area contributed by atoms with Crippen molar-refractivity contribution in [2.45, 2.75) is 13.0 Å². The van der Waals surface area contributed by atoms with E-state index in [-0.39, 0.29) is 11.8 Å². The number of benzene rings is 2. The van der Waals surface area contributed by atoms with Crippen molar-refractivity contribution < 1.29 is 14.0 Å². The zero-order chi connectivity index (χ0) is 22.0. The minimum atomic E-state index is -0.469. The first-order valence-electron chi connectivity index (χ1n) is 9.97. The van der Waals surface area contributed by atoms with Crippen molar-refractivity contribution in [1.29, 1.82) is 0 Å². The average molecular weight is 413 g/mol. The number of amides is 2. The highest BCUT2D eigenvalue weighted by Crippen LogP contribution is 2.28. The van der Waals surface area contributed by atoms with Gasteiger partial charge in [0.05, 0.1) is 11.3 Å². The molecule has 0 saturated heterocycles. The molecule has 0 aliphatic rings. The molecular weight excluding hydrogens is 390 g/mol. The number of aromatic nitrogens is 1. The van der Waals surface area contributed by atoms with Crippen LogP contribution in [0, 0.1) is 6.92 Å². The van der Waals surface area contributed by atoms with Gasteiger partial charge in [0.2, 0.25) is 0 Å². The molecule has 1 N–H and O–H groups in total. The number of carbonyl (C=O) groups is 2. The molecule has 0 aliphatic heterocycles. The fourth-order valence-corrected chi connectivity index (χ4v) is 3.47. The number of nitrogens with zero attached hydrogens (tertiary/aromatic N) is 2. The fourth-order valence-electron chi connectivity index (χ4n) is 3.47. The van der Waals surface area contributed by atoms with Gasteiger partial charge in [-0.05, 0) is 36.8 Å². The summed E-state index contributed by atoms with van der Waals surface area (Å²) in [6.07, 6.45) is 0. The smallest absolute Gasteiger partial charge is 0.271 e. The van der Waals surface area contributed by atoms with Gasteiger partial charge in [-0.25, -0.2) is 4.98 Å². The van der Waals surface area contributed by atoms with Gasteiger partial charge < -0.3 is 14.6 Å². The Balaban J connectivity index is 1.67. The molecule has 1 atom stereocenters. The third-order valence-corrected chi connectivity index (χ3v) is 5.09. The quantitative estimate of drug-likeness (QED) is 0.528. The third kappa shape index (κ3) is 4.19. The lowest BCUT2D eigenvalue weighted by atomic mass is 10.0. The van der Waals surface area contributed by atoms with E-state index < -0.39 is 6.04 Å². The van der Waals surface area contributed by atoms with Gasteiger partial charge in [0.25, 0.3) is 11.8 Å². The molecule has 4 rings (SSSR count). The summed E-state index contributed by atoms with van der Waals surface area (Å²) in [6.45, 7) is 1.72. The molecule has 0 radical (unpaired) electrons. The van der Waals surface area contributed by atoms with Crippen LogP contribution in [0.4, 0.5) is 0 Å². The molecule has 0 fully saturated rings. The molecule has 31 heavy (non-hydrogen) atoms. The number of rotatable bonds is 5. The second-order valence-corrected chi connectivity index (χ2v) is 7.53. The van der Waals surface area contributed by atoms with Crippen LogP contribution in [0.1, 0.15) is 43.9 Å². The molecule has 0 bridgehead atoms. The predicted octanol–water partition coefficient (Wildman–Crippen LogP) is 4.36. The van der Waals surface area contributed by atoms with Crippen molar-refractivity contribution in [1.82, 2.24) is 15.2 Å². The van der Waals surface area contributed by atoms with Gasteiger partial charge in [0.15, 0.2) is 0 Å². The second kappa shape index (κ2) is 8.44. The Hall–Kier alpha value is -3.93. The topological polar surface area (TPSA) is 75.4 Å². The summed E-state index contributed by atoms with van der Waals surface area (Å²) in [5, 5.41) is 4.04. The van der Waals surface area contributed by atoms with Gasteiger partial charge in [-0.2, -0.15) is 0 Å². The van der Waals surface area contributed by atoms with E-state index in [0.29, 0.717) is 22.7 Å². The summed E-state index contributed by atoms with van der Waals surface area (Å²) < 4.78 is 6.05. The van der Waals surface area contributed by atoms with Crippen LogP contribution >= 0.6 is 0 Å². The Bertz CT molecular complexity index is 1210. The fraction of sp³-hybridized carbons (Fsp3) is 0.160. The number of nitrogens with one attached hydrogen (secondary N) is 1. The standard InChI is InChI=1S/C25H23N3O3/c1-16-19(13-14-20(26-16)25(30)28(2)3)24(29)27-23(17-9-5-4-6-10-17)22-15-18-11-7-8-12-21(18)31-22/h4-15,23H,1-3H3,(H,27,29). The number of fused-ring (bicyclic) bond motifs is 1.